The Kier molecular flexibility index (Phi) is 5.85. The van der Waals surface area contributed by atoms with E-state index in [2.05, 4.69) is 15.1 Å². The SMILES string of the molecule is C[C@@H](Sc1nc(C(C)(C)O)cs1)[C@](O)(Cn1cncn1)c1ccc(F)cc1F. The van der Waals surface area contributed by atoms with Gasteiger partial charge in [0.15, 0.2) is 4.34 Å². The summed E-state index contributed by atoms with van der Waals surface area (Å²) in [6.45, 7) is 4.92. The number of thioether (sulfide) groups is 1. The van der Waals surface area contributed by atoms with E-state index < -0.39 is 28.1 Å². The van der Waals surface area contributed by atoms with E-state index in [4.69, 9.17) is 0 Å². The molecule has 2 N–H and O–H groups in total. The van der Waals surface area contributed by atoms with Crippen molar-refractivity contribution in [3.63, 3.8) is 0 Å². The number of aromatic nitrogens is 4. The van der Waals surface area contributed by atoms with E-state index in [9.17, 15) is 19.0 Å². The Balaban J connectivity index is 1.95. The monoisotopic (exact) mass is 426 g/mol. The summed E-state index contributed by atoms with van der Waals surface area (Å²) in [5.74, 6) is -1.56. The molecule has 2 heterocycles. The van der Waals surface area contributed by atoms with Gasteiger partial charge in [0.25, 0.3) is 0 Å². The van der Waals surface area contributed by atoms with E-state index in [0.29, 0.717) is 10.0 Å². The summed E-state index contributed by atoms with van der Waals surface area (Å²) in [6, 6.07) is 3.09. The predicted molar refractivity (Wildman–Crippen MR) is 103 cm³/mol. The fraction of sp³-hybridized carbons (Fsp3) is 0.389. The van der Waals surface area contributed by atoms with E-state index in [-0.39, 0.29) is 12.1 Å². The van der Waals surface area contributed by atoms with Gasteiger partial charge in [0, 0.05) is 22.3 Å². The third kappa shape index (κ3) is 4.40. The molecule has 0 unspecified atom stereocenters. The smallest absolute Gasteiger partial charge is 0.150 e. The van der Waals surface area contributed by atoms with Crippen LogP contribution in [0.15, 0.2) is 40.6 Å². The molecule has 0 saturated heterocycles. The summed E-state index contributed by atoms with van der Waals surface area (Å²) in [4.78, 5) is 8.25. The minimum Gasteiger partial charge on any atom is -0.384 e. The first-order chi connectivity index (χ1) is 13.1. The quantitative estimate of drug-likeness (QED) is 0.564. The van der Waals surface area contributed by atoms with Gasteiger partial charge >= 0.3 is 0 Å². The third-order valence-electron chi connectivity index (χ3n) is 4.33. The largest absolute Gasteiger partial charge is 0.384 e. The second kappa shape index (κ2) is 7.86. The van der Waals surface area contributed by atoms with Gasteiger partial charge < -0.3 is 10.2 Å². The molecule has 0 spiro atoms. The zero-order valence-corrected chi connectivity index (χ0v) is 17.1. The van der Waals surface area contributed by atoms with Crippen LogP contribution in [0, 0.1) is 11.6 Å². The zero-order valence-electron chi connectivity index (χ0n) is 15.5. The average molecular weight is 427 g/mol. The summed E-state index contributed by atoms with van der Waals surface area (Å²) >= 11 is 2.56. The number of benzene rings is 1. The molecule has 28 heavy (non-hydrogen) atoms. The summed E-state index contributed by atoms with van der Waals surface area (Å²) in [7, 11) is 0. The van der Waals surface area contributed by atoms with Crippen LogP contribution >= 0.6 is 23.1 Å². The first kappa shape index (κ1) is 20.8. The average Bonchev–Trinajstić information content (AvgIpc) is 3.25. The van der Waals surface area contributed by atoms with Crippen molar-refractivity contribution in [3.05, 3.63) is 59.1 Å². The van der Waals surface area contributed by atoms with Crippen molar-refractivity contribution in [2.75, 3.05) is 0 Å². The summed E-state index contributed by atoms with van der Waals surface area (Å²) in [5.41, 5.74) is -2.32. The highest BCUT2D eigenvalue weighted by atomic mass is 32.2. The Morgan fingerprint density at radius 1 is 1.29 bits per heavy atom. The van der Waals surface area contributed by atoms with Crippen LogP contribution in [0.4, 0.5) is 8.78 Å². The normalized spacial score (nSPS) is 15.4. The molecule has 3 rings (SSSR count). The molecule has 10 heteroatoms. The maximum atomic E-state index is 14.5. The number of nitrogens with zero attached hydrogens (tertiary/aromatic N) is 4. The van der Waals surface area contributed by atoms with Crippen LogP contribution in [-0.4, -0.2) is 35.2 Å². The maximum absolute atomic E-state index is 14.5. The van der Waals surface area contributed by atoms with Crippen LogP contribution in [0.5, 0.6) is 0 Å². The number of thiazole rings is 1. The van der Waals surface area contributed by atoms with Crippen molar-refractivity contribution in [2.24, 2.45) is 0 Å². The first-order valence-corrected chi connectivity index (χ1v) is 10.2. The number of hydrogen-bond acceptors (Lipinski definition) is 7. The van der Waals surface area contributed by atoms with E-state index in [0.717, 1.165) is 12.1 Å². The molecule has 6 nitrogen and oxygen atoms in total. The van der Waals surface area contributed by atoms with Gasteiger partial charge in [0.05, 0.1) is 12.2 Å². The molecule has 0 aliphatic heterocycles. The van der Waals surface area contributed by atoms with Gasteiger partial charge in [-0.1, -0.05) is 17.8 Å². The van der Waals surface area contributed by atoms with E-state index >= 15 is 0 Å². The highest BCUT2D eigenvalue weighted by molar-refractivity contribution is 8.01. The molecule has 2 atom stereocenters. The number of rotatable bonds is 7. The highest BCUT2D eigenvalue weighted by Gasteiger charge is 2.40. The van der Waals surface area contributed by atoms with Gasteiger partial charge in [-0.2, -0.15) is 5.10 Å². The fourth-order valence-corrected chi connectivity index (χ4v) is 5.03. The first-order valence-electron chi connectivity index (χ1n) is 8.45. The predicted octanol–water partition coefficient (Wildman–Crippen LogP) is 3.31. The molecule has 0 amide bonds. The number of hydrogen-bond donors (Lipinski definition) is 2. The lowest BCUT2D eigenvalue weighted by Gasteiger charge is -2.34. The van der Waals surface area contributed by atoms with Crippen LogP contribution in [-0.2, 0) is 17.7 Å². The maximum Gasteiger partial charge on any atom is 0.150 e. The zero-order chi connectivity index (χ0) is 20.5. The molecule has 2 aromatic heterocycles. The van der Waals surface area contributed by atoms with Crippen molar-refractivity contribution in [1.82, 2.24) is 19.7 Å². The van der Waals surface area contributed by atoms with E-state index in [1.54, 1.807) is 26.2 Å². The van der Waals surface area contributed by atoms with Gasteiger partial charge in [0.1, 0.15) is 35.5 Å². The Hall–Kier alpha value is -1.88. The molecule has 150 valence electrons. The second-order valence-corrected chi connectivity index (χ2v) is 9.41. The van der Waals surface area contributed by atoms with Crippen molar-refractivity contribution in [2.45, 2.75) is 48.1 Å². The number of aliphatic hydroxyl groups is 2. The molecular weight excluding hydrogens is 406 g/mol. The molecule has 1 aromatic carbocycles. The van der Waals surface area contributed by atoms with E-state index in [1.165, 1.54) is 46.5 Å². The van der Waals surface area contributed by atoms with Gasteiger partial charge in [-0.25, -0.2) is 23.4 Å². The van der Waals surface area contributed by atoms with Crippen molar-refractivity contribution in [1.29, 1.82) is 0 Å². The fourth-order valence-electron chi connectivity index (χ4n) is 2.68. The van der Waals surface area contributed by atoms with Crippen LogP contribution in [0.3, 0.4) is 0 Å². The standard InChI is InChI=1S/C18H20F2N4O2S2/c1-11(28-16-23-15(7-27-16)17(2,3)25)18(26,8-24-10-21-9-22-24)13-5-4-12(19)6-14(13)20/h4-7,9-11,25-26H,8H2,1-3H3/t11-,18-/m1/s1. The van der Waals surface area contributed by atoms with Crippen LogP contribution in [0.1, 0.15) is 32.0 Å². The molecule has 3 aromatic rings. The Morgan fingerprint density at radius 2 is 2.04 bits per heavy atom. The summed E-state index contributed by atoms with van der Waals surface area (Å²) in [6.07, 6.45) is 2.73. The van der Waals surface area contributed by atoms with Crippen molar-refractivity contribution < 1.29 is 19.0 Å². The molecular formula is C18H20F2N4O2S2. The van der Waals surface area contributed by atoms with Crippen molar-refractivity contribution >= 4 is 23.1 Å². The van der Waals surface area contributed by atoms with Crippen LogP contribution < -0.4 is 0 Å². The molecule has 0 fully saturated rings. The molecule has 0 aliphatic rings. The number of halogens is 2. The van der Waals surface area contributed by atoms with Gasteiger partial charge in [-0.3, -0.25) is 0 Å². The lowest BCUT2D eigenvalue weighted by Crippen LogP contribution is -2.41. The Bertz CT molecular complexity index is 943. The van der Waals surface area contributed by atoms with Gasteiger partial charge in [-0.15, -0.1) is 11.3 Å². The highest BCUT2D eigenvalue weighted by Crippen LogP contribution is 2.40. The molecule has 0 radical (unpaired) electrons. The topological polar surface area (TPSA) is 84.1 Å². The van der Waals surface area contributed by atoms with Crippen LogP contribution in [0.25, 0.3) is 0 Å². The lowest BCUT2D eigenvalue weighted by molar-refractivity contribution is 0.0133. The van der Waals surface area contributed by atoms with Crippen LogP contribution in [0.2, 0.25) is 0 Å². The molecule has 0 saturated carbocycles. The second-order valence-electron chi connectivity index (χ2n) is 6.96. The Labute approximate surface area is 169 Å². The van der Waals surface area contributed by atoms with Gasteiger partial charge in [0.2, 0.25) is 0 Å². The van der Waals surface area contributed by atoms with E-state index in [1.807, 2.05) is 0 Å². The summed E-state index contributed by atoms with van der Waals surface area (Å²) < 4.78 is 29.9. The Morgan fingerprint density at radius 3 is 2.61 bits per heavy atom. The molecule has 0 aliphatic carbocycles. The van der Waals surface area contributed by atoms with Gasteiger partial charge in [-0.05, 0) is 26.8 Å². The minimum atomic E-state index is -1.71. The summed E-state index contributed by atoms with van der Waals surface area (Å²) in [5, 5.41) is 26.7. The van der Waals surface area contributed by atoms with Crippen molar-refractivity contribution in [3.8, 4) is 0 Å². The minimum absolute atomic E-state index is 0.0383. The third-order valence-corrected chi connectivity index (χ3v) is 6.58. The lowest BCUT2D eigenvalue weighted by atomic mass is 9.90. The molecule has 0 bridgehead atoms.